The molecular formula is C19H22N4O2. The number of aryl methyl sites for hydroxylation is 2. The highest BCUT2D eigenvalue weighted by Crippen LogP contribution is 2.24. The van der Waals surface area contributed by atoms with Crippen LogP contribution >= 0.6 is 0 Å². The zero-order valence-corrected chi connectivity index (χ0v) is 14.5. The van der Waals surface area contributed by atoms with E-state index in [1.807, 2.05) is 25.2 Å². The van der Waals surface area contributed by atoms with Gasteiger partial charge in [0.15, 0.2) is 0 Å². The SMILES string of the molecule is Cn1c(=O)n(C)c2cc(N3CCN(c4ccc(O)cc4)CC3)ccc21. The third kappa shape index (κ3) is 2.63. The van der Waals surface area contributed by atoms with Gasteiger partial charge in [-0.3, -0.25) is 9.13 Å². The maximum absolute atomic E-state index is 12.1. The van der Waals surface area contributed by atoms with E-state index in [2.05, 4.69) is 21.9 Å². The van der Waals surface area contributed by atoms with Crippen LogP contribution in [-0.2, 0) is 14.1 Å². The summed E-state index contributed by atoms with van der Waals surface area (Å²) in [5.74, 6) is 0.296. The van der Waals surface area contributed by atoms with E-state index in [9.17, 15) is 9.90 Å². The molecule has 1 saturated heterocycles. The largest absolute Gasteiger partial charge is 0.508 e. The Balaban J connectivity index is 1.54. The third-order valence-corrected chi connectivity index (χ3v) is 5.12. The average Bonchev–Trinajstić information content (AvgIpc) is 2.86. The number of anilines is 2. The molecule has 0 spiro atoms. The van der Waals surface area contributed by atoms with Gasteiger partial charge in [0.05, 0.1) is 11.0 Å². The number of aromatic hydroxyl groups is 1. The average molecular weight is 338 g/mol. The first-order valence-corrected chi connectivity index (χ1v) is 8.49. The predicted octanol–water partition coefficient (Wildman–Crippen LogP) is 1.91. The van der Waals surface area contributed by atoms with Crippen LogP contribution in [0, 0.1) is 0 Å². The molecule has 0 saturated carbocycles. The minimum Gasteiger partial charge on any atom is -0.508 e. The summed E-state index contributed by atoms with van der Waals surface area (Å²) >= 11 is 0. The number of hydrogen-bond donors (Lipinski definition) is 1. The van der Waals surface area contributed by atoms with Crippen LogP contribution in [0.1, 0.15) is 0 Å². The number of phenols is 1. The molecule has 0 bridgehead atoms. The highest BCUT2D eigenvalue weighted by Gasteiger charge is 2.18. The van der Waals surface area contributed by atoms with E-state index in [-0.39, 0.29) is 5.69 Å². The van der Waals surface area contributed by atoms with Crippen molar-refractivity contribution in [2.45, 2.75) is 0 Å². The molecule has 1 aromatic heterocycles. The van der Waals surface area contributed by atoms with Gasteiger partial charge in [-0.1, -0.05) is 0 Å². The number of phenolic OH excluding ortho intramolecular Hbond substituents is 1. The third-order valence-electron chi connectivity index (χ3n) is 5.12. The number of fused-ring (bicyclic) bond motifs is 1. The number of rotatable bonds is 2. The molecule has 6 heteroatoms. The fourth-order valence-electron chi connectivity index (χ4n) is 3.58. The summed E-state index contributed by atoms with van der Waals surface area (Å²) in [4.78, 5) is 16.8. The van der Waals surface area contributed by atoms with Gasteiger partial charge in [0.1, 0.15) is 5.75 Å². The molecule has 0 amide bonds. The van der Waals surface area contributed by atoms with Gasteiger partial charge in [0, 0.05) is 51.6 Å². The van der Waals surface area contributed by atoms with Gasteiger partial charge in [-0.2, -0.15) is 0 Å². The van der Waals surface area contributed by atoms with Crippen LogP contribution in [-0.4, -0.2) is 40.4 Å². The molecule has 6 nitrogen and oxygen atoms in total. The van der Waals surface area contributed by atoms with E-state index < -0.39 is 0 Å². The van der Waals surface area contributed by atoms with E-state index in [0.717, 1.165) is 48.6 Å². The Hall–Kier alpha value is -2.89. The molecule has 1 aliphatic heterocycles. The standard InChI is InChI=1S/C19H22N4O2/c1-20-17-8-5-15(13-18(17)21(2)19(20)25)23-11-9-22(10-12-23)14-3-6-16(24)7-4-14/h3-8,13,24H,9-12H2,1-2H3. The second-order valence-corrected chi connectivity index (χ2v) is 6.56. The van der Waals surface area contributed by atoms with Crippen LogP contribution in [0.15, 0.2) is 47.3 Å². The number of piperazine rings is 1. The summed E-state index contributed by atoms with van der Waals surface area (Å²) in [6.07, 6.45) is 0. The predicted molar refractivity (Wildman–Crippen MR) is 101 cm³/mol. The molecule has 130 valence electrons. The first-order valence-electron chi connectivity index (χ1n) is 8.49. The monoisotopic (exact) mass is 338 g/mol. The molecular weight excluding hydrogens is 316 g/mol. The number of aromatic nitrogens is 2. The van der Waals surface area contributed by atoms with Crippen LogP contribution in [0.25, 0.3) is 11.0 Å². The molecule has 0 aliphatic carbocycles. The molecule has 25 heavy (non-hydrogen) atoms. The van der Waals surface area contributed by atoms with E-state index in [4.69, 9.17) is 0 Å². The molecule has 1 N–H and O–H groups in total. The maximum Gasteiger partial charge on any atom is 0.328 e. The zero-order valence-electron chi connectivity index (χ0n) is 14.5. The van der Waals surface area contributed by atoms with Gasteiger partial charge in [-0.05, 0) is 42.5 Å². The Kier molecular flexibility index (Phi) is 3.67. The summed E-state index contributed by atoms with van der Waals surface area (Å²) < 4.78 is 3.38. The molecule has 1 fully saturated rings. The van der Waals surface area contributed by atoms with Crippen molar-refractivity contribution in [3.05, 3.63) is 52.9 Å². The Morgan fingerprint density at radius 1 is 0.760 bits per heavy atom. The second-order valence-electron chi connectivity index (χ2n) is 6.56. The van der Waals surface area contributed by atoms with E-state index >= 15 is 0 Å². The van der Waals surface area contributed by atoms with Crippen molar-refractivity contribution in [1.29, 1.82) is 0 Å². The van der Waals surface area contributed by atoms with Crippen LogP contribution in [0.5, 0.6) is 5.75 Å². The Morgan fingerprint density at radius 3 is 1.92 bits per heavy atom. The minimum atomic E-state index is 0.00398. The summed E-state index contributed by atoms with van der Waals surface area (Å²) in [7, 11) is 3.62. The Bertz CT molecular complexity index is 963. The second kappa shape index (κ2) is 5.88. The highest BCUT2D eigenvalue weighted by molar-refractivity contribution is 5.80. The van der Waals surface area contributed by atoms with Crippen molar-refractivity contribution in [2.24, 2.45) is 14.1 Å². The molecule has 4 rings (SSSR count). The quantitative estimate of drug-likeness (QED) is 0.776. The van der Waals surface area contributed by atoms with E-state index in [1.165, 1.54) is 0 Å². The Labute approximate surface area is 146 Å². The smallest absolute Gasteiger partial charge is 0.328 e. The summed E-state index contributed by atoms with van der Waals surface area (Å²) in [6, 6.07) is 13.6. The van der Waals surface area contributed by atoms with Crippen LogP contribution in [0.3, 0.4) is 0 Å². The van der Waals surface area contributed by atoms with E-state index in [0.29, 0.717) is 5.75 Å². The molecule has 1 aliphatic rings. The summed E-state index contributed by atoms with van der Waals surface area (Å²) in [5, 5.41) is 9.42. The highest BCUT2D eigenvalue weighted by atomic mass is 16.3. The van der Waals surface area contributed by atoms with Crippen molar-refractivity contribution in [3.8, 4) is 5.75 Å². The van der Waals surface area contributed by atoms with Crippen LogP contribution in [0.4, 0.5) is 11.4 Å². The molecule has 2 aromatic carbocycles. The topological polar surface area (TPSA) is 53.6 Å². The number of hydrogen-bond acceptors (Lipinski definition) is 4. The minimum absolute atomic E-state index is 0.00398. The number of benzene rings is 2. The lowest BCUT2D eigenvalue weighted by Crippen LogP contribution is -2.46. The summed E-state index contributed by atoms with van der Waals surface area (Å²) in [5.41, 5.74) is 4.21. The van der Waals surface area contributed by atoms with Crippen LogP contribution in [0.2, 0.25) is 0 Å². The lowest BCUT2D eigenvalue weighted by atomic mass is 10.2. The van der Waals surface area contributed by atoms with Crippen LogP contribution < -0.4 is 15.5 Å². The van der Waals surface area contributed by atoms with Gasteiger partial charge >= 0.3 is 5.69 Å². The summed E-state index contributed by atoms with van der Waals surface area (Å²) in [6.45, 7) is 3.70. The zero-order chi connectivity index (χ0) is 17.6. The first kappa shape index (κ1) is 15.6. The van der Waals surface area contributed by atoms with Gasteiger partial charge < -0.3 is 14.9 Å². The first-order chi connectivity index (χ1) is 12.0. The lowest BCUT2D eigenvalue weighted by molar-refractivity contribution is 0.475. The lowest BCUT2D eigenvalue weighted by Gasteiger charge is -2.37. The number of nitrogens with zero attached hydrogens (tertiary/aromatic N) is 4. The normalized spacial score (nSPS) is 15.1. The van der Waals surface area contributed by atoms with Gasteiger partial charge in [-0.25, -0.2) is 4.79 Å². The maximum atomic E-state index is 12.1. The molecule has 2 heterocycles. The molecule has 0 atom stereocenters. The van der Waals surface area contributed by atoms with Crippen molar-refractivity contribution in [3.63, 3.8) is 0 Å². The van der Waals surface area contributed by atoms with Crippen molar-refractivity contribution in [1.82, 2.24) is 9.13 Å². The van der Waals surface area contributed by atoms with Gasteiger partial charge in [0.2, 0.25) is 0 Å². The van der Waals surface area contributed by atoms with Crippen molar-refractivity contribution >= 4 is 22.4 Å². The van der Waals surface area contributed by atoms with E-state index in [1.54, 1.807) is 28.3 Å². The number of imidazole rings is 1. The molecule has 0 radical (unpaired) electrons. The van der Waals surface area contributed by atoms with Crippen molar-refractivity contribution < 1.29 is 5.11 Å². The Morgan fingerprint density at radius 2 is 1.28 bits per heavy atom. The molecule has 3 aromatic rings. The van der Waals surface area contributed by atoms with Gasteiger partial charge in [0.25, 0.3) is 0 Å². The fraction of sp³-hybridized carbons (Fsp3) is 0.316. The van der Waals surface area contributed by atoms with Gasteiger partial charge in [-0.15, -0.1) is 0 Å². The van der Waals surface area contributed by atoms with Crippen molar-refractivity contribution in [2.75, 3.05) is 36.0 Å². The molecule has 0 unspecified atom stereocenters. The fourth-order valence-corrected chi connectivity index (χ4v) is 3.58.